The zero-order valence-corrected chi connectivity index (χ0v) is 15.7. The van der Waals surface area contributed by atoms with Crippen molar-refractivity contribution in [3.05, 3.63) is 85.3 Å². The third kappa shape index (κ3) is 4.47. The van der Waals surface area contributed by atoms with Crippen LogP contribution in [0.5, 0.6) is 5.75 Å². The van der Waals surface area contributed by atoms with E-state index in [9.17, 15) is 9.18 Å². The maximum absolute atomic E-state index is 13.8. The van der Waals surface area contributed by atoms with E-state index in [0.29, 0.717) is 16.3 Å². The Morgan fingerprint density at radius 3 is 2.93 bits per heavy atom. The molecular formula is C18H14ClFN4O2S. The maximum Gasteiger partial charge on any atom is 0.296 e. The molecule has 6 nitrogen and oxygen atoms in total. The lowest BCUT2D eigenvalue weighted by atomic mass is 10.2. The monoisotopic (exact) mass is 404 g/mol. The average molecular weight is 405 g/mol. The van der Waals surface area contributed by atoms with Gasteiger partial charge in [-0.3, -0.25) is 9.89 Å². The lowest BCUT2D eigenvalue weighted by Crippen LogP contribution is -2.22. The number of nitrogens with one attached hydrogen (secondary N) is 1. The van der Waals surface area contributed by atoms with Gasteiger partial charge in [0, 0.05) is 5.56 Å². The highest BCUT2D eigenvalue weighted by Crippen LogP contribution is 2.21. The molecule has 0 aliphatic heterocycles. The number of H-pyrrole nitrogens is 1. The number of hydrogen-bond donors (Lipinski definition) is 1. The van der Waals surface area contributed by atoms with Gasteiger partial charge in [-0.15, -0.1) is 0 Å². The number of ether oxygens (including phenoxy) is 1. The average Bonchev–Trinajstić information content (AvgIpc) is 2.65. The molecule has 0 amide bonds. The SMILES string of the molecule is Cc1n[nH]c(=S)n(/N=C/c2cccc(OCc3c(F)cccc3Cl)c2)c1=O. The van der Waals surface area contributed by atoms with Gasteiger partial charge < -0.3 is 4.74 Å². The van der Waals surface area contributed by atoms with Crippen LogP contribution in [0.4, 0.5) is 4.39 Å². The fraction of sp³-hybridized carbons (Fsp3) is 0.111. The van der Waals surface area contributed by atoms with Gasteiger partial charge in [-0.25, -0.2) is 4.39 Å². The van der Waals surface area contributed by atoms with E-state index in [1.807, 2.05) is 0 Å². The summed E-state index contributed by atoms with van der Waals surface area (Å²) in [5, 5.41) is 10.7. The Hall–Kier alpha value is -2.84. The molecule has 0 unspecified atom stereocenters. The zero-order chi connectivity index (χ0) is 19.4. The van der Waals surface area contributed by atoms with Crippen LogP contribution in [-0.4, -0.2) is 21.1 Å². The van der Waals surface area contributed by atoms with E-state index in [1.54, 1.807) is 37.3 Å². The third-order valence-electron chi connectivity index (χ3n) is 3.64. The van der Waals surface area contributed by atoms with Crippen LogP contribution >= 0.6 is 23.8 Å². The molecule has 3 aromatic rings. The molecule has 1 aromatic heterocycles. The van der Waals surface area contributed by atoms with Crippen molar-refractivity contribution in [1.29, 1.82) is 0 Å². The number of halogens is 2. The molecule has 0 atom stereocenters. The predicted molar refractivity (Wildman–Crippen MR) is 104 cm³/mol. The molecule has 0 aliphatic rings. The highest BCUT2D eigenvalue weighted by molar-refractivity contribution is 7.71. The van der Waals surface area contributed by atoms with Gasteiger partial charge >= 0.3 is 0 Å². The van der Waals surface area contributed by atoms with Gasteiger partial charge in [0.15, 0.2) is 0 Å². The molecule has 27 heavy (non-hydrogen) atoms. The van der Waals surface area contributed by atoms with Crippen molar-refractivity contribution in [3.8, 4) is 5.75 Å². The Balaban J connectivity index is 1.79. The third-order valence-corrected chi connectivity index (χ3v) is 4.26. The summed E-state index contributed by atoms with van der Waals surface area (Å²) in [5.41, 5.74) is 0.794. The van der Waals surface area contributed by atoms with E-state index in [2.05, 4.69) is 15.3 Å². The van der Waals surface area contributed by atoms with Crippen LogP contribution in [0.3, 0.4) is 0 Å². The highest BCUT2D eigenvalue weighted by atomic mass is 35.5. The molecule has 0 saturated heterocycles. The number of benzene rings is 2. The standard InChI is InChI=1S/C18H14ClFN4O2S/c1-11-17(25)24(18(27)23-22-11)21-9-12-4-2-5-13(8-12)26-10-14-15(19)6-3-7-16(14)20/h2-9H,10H2,1H3,(H,23,27)/b21-9+. The molecule has 3 rings (SSSR count). The predicted octanol–water partition coefficient (Wildman–Crippen LogP) is 3.86. The van der Waals surface area contributed by atoms with Crippen molar-refractivity contribution in [2.24, 2.45) is 5.10 Å². The minimum absolute atomic E-state index is 0.0135. The number of nitrogens with zero attached hydrogens (tertiary/aromatic N) is 3. The Morgan fingerprint density at radius 2 is 2.15 bits per heavy atom. The van der Waals surface area contributed by atoms with Crippen molar-refractivity contribution in [1.82, 2.24) is 14.9 Å². The topological polar surface area (TPSA) is 72.3 Å². The van der Waals surface area contributed by atoms with Crippen LogP contribution in [0, 0.1) is 17.5 Å². The summed E-state index contributed by atoms with van der Waals surface area (Å²) in [4.78, 5) is 12.0. The molecule has 0 fully saturated rings. The van der Waals surface area contributed by atoms with Gasteiger partial charge in [0.25, 0.3) is 5.56 Å². The van der Waals surface area contributed by atoms with Crippen LogP contribution in [0.15, 0.2) is 52.4 Å². The lowest BCUT2D eigenvalue weighted by molar-refractivity contribution is 0.300. The summed E-state index contributed by atoms with van der Waals surface area (Å²) in [6.07, 6.45) is 1.47. The first kappa shape index (κ1) is 18.9. The molecule has 0 spiro atoms. The van der Waals surface area contributed by atoms with Crippen LogP contribution in [-0.2, 0) is 6.61 Å². The fourth-order valence-corrected chi connectivity index (χ4v) is 2.61. The molecule has 0 saturated carbocycles. The second-order valence-electron chi connectivity index (χ2n) is 5.54. The molecular weight excluding hydrogens is 391 g/mol. The van der Waals surface area contributed by atoms with E-state index < -0.39 is 11.4 Å². The first-order valence-corrected chi connectivity index (χ1v) is 8.63. The molecule has 138 valence electrons. The summed E-state index contributed by atoms with van der Waals surface area (Å²) in [7, 11) is 0. The van der Waals surface area contributed by atoms with E-state index in [0.717, 1.165) is 4.68 Å². The highest BCUT2D eigenvalue weighted by Gasteiger charge is 2.08. The number of aryl methyl sites for hydroxylation is 1. The molecule has 0 radical (unpaired) electrons. The second kappa shape index (κ2) is 8.24. The Labute approximate surface area is 163 Å². The fourth-order valence-electron chi connectivity index (χ4n) is 2.21. The van der Waals surface area contributed by atoms with Crippen molar-refractivity contribution in [2.75, 3.05) is 0 Å². The van der Waals surface area contributed by atoms with E-state index in [4.69, 9.17) is 28.6 Å². The lowest BCUT2D eigenvalue weighted by Gasteiger charge is -2.09. The quantitative estimate of drug-likeness (QED) is 0.517. The molecule has 0 bridgehead atoms. The van der Waals surface area contributed by atoms with Gasteiger partial charge in [0.2, 0.25) is 4.77 Å². The molecule has 1 N–H and O–H groups in total. The Morgan fingerprint density at radius 1 is 1.37 bits per heavy atom. The Kier molecular flexibility index (Phi) is 5.78. The van der Waals surface area contributed by atoms with E-state index in [-0.39, 0.29) is 22.6 Å². The number of aromatic amines is 1. The Bertz CT molecular complexity index is 1110. The first-order valence-electron chi connectivity index (χ1n) is 7.84. The maximum atomic E-state index is 13.8. The summed E-state index contributed by atoms with van der Waals surface area (Å²) in [6.45, 7) is 1.54. The van der Waals surface area contributed by atoms with Crippen molar-refractivity contribution in [3.63, 3.8) is 0 Å². The molecule has 0 aliphatic carbocycles. The van der Waals surface area contributed by atoms with Crippen molar-refractivity contribution >= 4 is 30.0 Å². The van der Waals surface area contributed by atoms with Crippen LogP contribution in [0.1, 0.15) is 16.8 Å². The number of aromatic nitrogens is 3. The van der Waals surface area contributed by atoms with Gasteiger partial charge in [-0.1, -0.05) is 29.8 Å². The van der Waals surface area contributed by atoms with Crippen LogP contribution < -0.4 is 10.3 Å². The van der Waals surface area contributed by atoms with E-state index in [1.165, 1.54) is 18.3 Å². The van der Waals surface area contributed by atoms with Crippen molar-refractivity contribution in [2.45, 2.75) is 13.5 Å². The number of hydrogen-bond acceptors (Lipinski definition) is 5. The first-order chi connectivity index (χ1) is 13.0. The number of rotatable bonds is 5. The summed E-state index contributed by atoms with van der Waals surface area (Å²) >= 11 is 11.0. The minimum Gasteiger partial charge on any atom is -0.489 e. The smallest absolute Gasteiger partial charge is 0.296 e. The van der Waals surface area contributed by atoms with Gasteiger partial charge in [0.1, 0.15) is 23.9 Å². The summed E-state index contributed by atoms with van der Waals surface area (Å²) in [5.74, 6) is 0.0727. The minimum atomic E-state index is -0.429. The molecule has 9 heteroatoms. The van der Waals surface area contributed by atoms with E-state index >= 15 is 0 Å². The molecule has 2 aromatic carbocycles. The van der Waals surface area contributed by atoms with Gasteiger partial charge in [-0.05, 0) is 49.0 Å². The zero-order valence-electron chi connectivity index (χ0n) is 14.1. The normalized spacial score (nSPS) is 11.1. The van der Waals surface area contributed by atoms with Gasteiger partial charge in [-0.2, -0.15) is 14.9 Å². The van der Waals surface area contributed by atoms with Crippen molar-refractivity contribution < 1.29 is 9.13 Å². The second-order valence-corrected chi connectivity index (χ2v) is 6.33. The molecule has 1 heterocycles. The van der Waals surface area contributed by atoms with Crippen LogP contribution in [0.2, 0.25) is 5.02 Å². The summed E-state index contributed by atoms with van der Waals surface area (Å²) < 4.78 is 20.6. The van der Waals surface area contributed by atoms with Gasteiger partial charge in [0.05, 0.1) is 11.2 Å². The largest absolute Gasteiger partial charge is 0.489 e. The summed E-state index contributed by atoms with van der Waals surface area (Å²) in [6, 6.07) is 11.4. The van der Waals surface area contributed by atoms with Crippen LogP contribution in [0.25, 0.3) is 0 Å².